The van der Waals surface area contributed by atoms with Crippen molar-refractivity contribution in [3.05, 3.63) is 35.4 Å². The summed E-state index contributed by atoms with van der Waals surface area (Å²) in [5.74, 6) is 0.977. The molecule has 0 aromatic heterocycles. The zero-order valence-electron chi connectivity index (χ0n) is 10.3. The van der Waals surface area contributed by atoms with Crippen LogP contribution < -0.4 is 5.32 Å². The van der Waals surface area contributed by atoms with Crippen LogP contribution in [0, 0.1) is 12.8 Å². The highest BCUT2D eigenvalue weighted by atomic mass is 14.9. The minimum absolute atomic E-state index is 0.977. The van der Waals surface area contributed by atoms with E-state index >= 15 is 0 Å². The van der Waals surface area contributed by atoms with Crippen LogP contribution in [0.1, 0.15) is 36.8 Å². The van der Waals surface area contributed by atoms with Crippen LogP contribution in [-0.4, -0.2) is 13.1 Å². The zero-order valence-corrected chi connectivity index (χ0v) is 10.3. The SMILES string of the molecule is Cc1ccccc1CCCC1CCNCC1. The first-order valence-corrected chi connectivity index (χ1v) is 6.61. The van der Waals surface area contributed by atoms with Gasteiger partial charge in [0.1, 0.15) is 0 Å². The van der Waals surface area contributed by atoms with Gasteiger partial charge in [-0.15, -0.1) is 0 Å². The fraction of sp³-hybridized carbons (Fsp3) is 0.600. The lowest BCUT2D eigenvalue weighted by molar-refractivity contribution is 0.347. The lowest BCUT2D eigenvalue weighted by Gasteiger charge is -2.22. The molecule has 88 valence electrons. The number of hydrogen-bond donors (Lipinski definition) is 1. The summed E-state index contributed by atoms with van der Waals surface area (Å²) in [6, 6.07) is 8.79. The molecule has 0 radical (unpaired) electrons. The summed E-state index contributed by atoms with van der Waals surface area (Å²) < 4.78 is 0. The number of rotatable bonds is 4. The predicted molar refractivity (Wildman–Crippen MR) is 69.7 cm³/mol. The molecular weight excluding hydrogens is 194 g/mol. The van der Waals surface area contributed by atoms with Crippen molar-refractivity contribution < 1.29 is 0 Å². The van der Waals surface area contributed by atoms with E-state index in [0.717, 1.165) is 5.92 Å². The average molecular weight is 217 g/mol. The maximum absolute atomic E-state index is 3.43. The molecule has 1 N–H and O–H groups in total. The maximum atomic E-state index is 3.43. The molecule has 1 aliphatic heterocycles. The van der Waals surface area contributed by atoms with E-state index in [2.05, 4.69) is 36.5 Å². The van der Waals surface area contributed by atoms with E-state index in [1.54, 1.807) is 0 Å². The van der Waals surface area contributed by atoms with Crippen molar-refractivity contribution in [1.29, 1.82) is 0 Å². The molecule has 0 saturated carbocycles. The Morgan fingerprint density at radius 1 is 1.19 bits per heavy atom. The van der Waals surface area contributed by atoms with Crippen LogP contribution in [0.2, 0.25) is 0 Å². The van der Waals surface area contributed by atoms with Gasteiger partial charge in [0, 0.05) is 0 Å². The molecule has 0 atom stereocenters. The van der Waals surface area contributed by atoms with Crippen molar-refractivity contribution in [2.45, 2.75) is 39.0 Å². The summed E-state index contributed by atoms with van der Waals surface area (Å²) in [6.07, 6.45) is 6.80. The minimum Gasteiger partial charge on any atom is -0.317 e. The van der Waals surface area contributed by atoms with Crippen LogP contribution in [0.4, 0.5) is 0 Å². The van der Waals surface area contributed by atoms with Crippen LogP contribution in [0.5, 0.6) is 0 Å². The van der Waals surface area contributed by atoms with Gasteiger partial charge in [-0.2, -0.15) is 0 Å². The Hall–Kier alpha value is -0.820. The van der Waals surface area contributed by atoms with Gasteiger partial charge in [-0.3, -0.25) is 0 Å². The Morgan fingerprint density at radius 3 is 2.69 bits per heavy atom. The Balaban J connectivity index is 1.73. The average Bonchev–Trinajstić information content (AvgIpc) is 2.33. The third-order valence-corrected chi connectivity index (χ3v) is 3.78. The third kappa shape index (κ3) is 3.34. The van der Waals surface area contributed by atoms with Crippen molar-refractivity contribution in [3.8, 4) is 0 Å². The standard InChI is InChI=1S/C15H23N/c1-13-5-2-3-7-15(13)8-4-6-14-9-11-16-12-10-14/h2-3,5,7,14,16H,4,6,8-12H2,1H3. The molecule has 1 heterocycles. The topological polar surface area (TPSA) is 12.0 Å². The molecular formula is C15H23N. The summed E-state index contributed by atoms with van der Waals surface area (Å²) in [7, 11) is 0. The van der Waals surface area contributed by atoms with Gasteiger partial charge in [0.2, 0.25) is 0 Å². The second kappa shape index (κ2) is 6.05. The van der Waals surface area contributed by atoms with E-state index in [0.29, 0.717) is 0 Å². The molecule has 2 rings (SSSR count). The maximum Gasteiger partial charge on any atom is -0.00463 e. The molecule has 0 bridgehead atoms. The second-order valence-electron chi connectivity index (χ2n) is 5.01. The molecule has 1 aromatic carbocycles. The summed E-state index contributed by atoms with van der Waals surface area (Å²) in [5.41, 5.74) is 2.99. The summed E-state index contributed by atoms with van der Waals surface area (Å²) in [5, 5.41) is 3.43. The summed E-state index contributed by atoms with van der Waals surface area (Å²) in [4.78, 5) is 0. The van der Waals surface area contributed by atoms with E-state index in [9.17, 15) is 0 Å². The lowest BCUT2D eigenvalue weighted by Crippen LogP contribution is -2.27. The van der Waals surface area contributed by atoms with Crippen molar-refractivity contribution >= 4 is 0 Å². The fourth-order valence-corrected chi connectivity index (χ4v) is 2.64. The van der Waals surface area contributed by atoms with Crippen LogP contribution in [0.25, 0.3) is 0 Å². The van der Waals surface area contributed by atoms with Crippen LogP contribution in [-0.2, 0) is 6.42 Å². The van der Waals surface area contributed by atoms with Gasteiger partial charge < -0.3 is 5.32 Å². The normalized spacial score (nSPS) is 17.6. The predicted octanol–water partition coefficient (Wildman–Crippen LogP) is 3.32. The number of nitrogens with one attached hydrogen (secondary N) is 1. The van der Waals surface area contributed by atoms with Crippen LogP contribution in [0.15, 0.2) is 24.3 Å². The van der Waals surface area contributed by atoms with E-state index < -0.39 is 0 Å². The molecule has 1 nitrogen and oxygen atoms in total. The first-order chi connectivity index (χ1) is 7.86. The van der Waals surface area contributed by atoms with Gasteiger partial charge >= 0.3 is 0 Å². The molecule has 0 aliphatic carbocycles. The van der Waals surface area contributed by atoms with E-state index in [4.69, 9.17) is 0 Å². The van der Waals surface area contributed by atoms with E-state index in [-0.39, 0.29) is 0 Å². The highest BCUT2D eigenvalue weighted by Crippen LogP contribution is 2.20. The Labute approximate surface area is 99.3 Å². The van der Waals surface area contributed by atoms with Crippen LogP contribution in [0.3, 0.4) is 0 Å². The summed E-state index contributed by atoms with van der Waals surface area (Å²) >= 11 is 0. The molecule has 0 unspecified atom stereocenters. The lowest BCUT2D eigenvalue weighted by atomic mass is 9.91. The monoisotopic (exact) mass is 217 g/mol. The molecule has 1 aromatic rings. The number of aryl methyl sites for hydroxylation is 2. The molecule has 1 heteroatoms. The number of benzene rings is 1. The Morgan fingerprint density at radius 2 is 1.94 bits per heavy atom. The van der Waals surface area contributed by atoms with Crippen molar-refractivity contribution in [3.63, 3.8) is 0 Å². The summed E-state index contributed by atoms with van der Waals surface area (Å²) in [6.45, 7) is 4.68. The highest BCUT2D eigenvalue weighted by molar-refractivity contribution is 5.25. The highest BCUT2D eigenvalue weighted by Gasteiger charge is 2.12. The first kappa shape index (κ1) is 11.7. The molecule has 16 heavy (non-hydrogen) atoms. The van der Waals surface area contributed by atoms with Gasteiger partial charge in [0.05, 0.1) is 0 Å². The van der Waals surface area contributed by atoms with Gasteiger partial charge in [-0.1, -0.05) is 30.7 Å². The fourth-order valence-electron chi connectivity index (χ4n) is 2.64. The number of piperidine rings is 1. The molecule has 0 amide bonds. The zero-order chi connectivity index (χ0) is 11.2. The van der Waals surface area contributed by atoms with Gasteiger partial charge in [-0.25, -0.2) is 0 Å². The molecule has 1 saturated heterocycles. The largest absolute Gasteiger partial charge is 0.317 e. The van der Waals surface area contributed by atoms with Crippen molar-refractivity contribution in [2.75, 3.05) is 13.1 Å². The van der Waals surface area contributed by atoms with Gasteiger partial charge in [0.15, 0.2) is 0 Å². The Bertz CT molecular complexity index is 313. The Kier molecular flexibility index (Phi) is 4.41. The number of hydrogen-bond acceptors (Lipinski definition) is 1. The third-order valence-electron chi connectivity index (χ3n) is 3.78. The minimum atomic E-state index is 0.977. The van der Waals surface area contributed by atoms with E-state index in [1.807, 2.05) is 0 Å². The van der Waals surface area contributed by atoms with E-state index in [1.165, 1.54) is 56.3 Å². The van der Waals surface area contributed by atoms with Gasteiger partial charge in [-0.05, 0) is 62.7 Å². The van der Waals surface area contributed by atoms with Crippen molar-refractivity contribution in [1.82, 2.24) is 5.32 Å². The molecule has 0 spiro atoms. The van der Waals surface area contributed by atoms with Crippen LogP contribution >= 0.6 is 0 Å². The van der Waals surface area contributed by atoms with Gasteiger partial charge in [0.25, 0.3) is 0 Å². The second-order valence-corrected chi connectivity index (χ2v) is 5.01. The quantitative estimate of drug-likeness (QED) is 0.816. The van der Waals surface area contributed by atoms with Crippen molar-refractivity contribution in [2.24, 2.45) is 5.92 Å². The molecule has 1 aliphatic rings. The smallest absolute Gasteiger partial charge is 0.00463 e. The first-order valence-electron chi connectivity index (χ1n) is 6.61. The molecule has 1 fully saturated rings.